The number of nitrogens with zero attached hydrogens (tertiary/aromatic N) is 1. The van der Waals surface area contributed by atoms with Crippen LogP contribution in [0, 0.1) is 17.1 Å². The number of hydrogen-bond acceptors (Lipinski definition) is 3. The van der Waals surface area contributed by atoms with E-state index >= 15 is 0 Å². The fourth-order valence-electron chi connectivity index (χ4n) is 1.78. The molecule has 0 atom stereocenters. The van der Waals surface area contributed by atoms with Gasteiger partial charge >= 0.3 is 0 Å². The molecular formula is C16H12ClFN2OS. The van der Waals surface area contributed by atoms with Crippen molar-refractivity contribution in [2.45, 2.75) is 17.1 Å². The molecule has 0 saturated heterocycles. The Kier molecular flexibility index (Phi) is 5.82. The molecule has 0 bridgehead atoms. The summed E-state index contributed by atoms with van der Waals surface area (Å²) in [5.41, 5.74) is 1.10. The number of nitriles is 1. The molecule has 0 aliphatic carbocycles. The fraction of sp³-hybridized carbons (Fsp3) is 0.125. The quantitative estimate of drug-likeness (QED) is 0.811. The molecule has 6 heteroatoms. The lowest BCUT2D eigenvalue weighted by Crippen LogP contribution is -2.10. The molecular weight excluding hydrogens is 323 g/mol. The van der Waals surface area contributed by atoms with Crippen LogP contribution in [0.1, 0.15) is 12.0 Å². The SMILES string of the molecule is N#CCC(=O)Nc1ccccc1SCc1cccc(Cl)c1F. The van der Waals surface area contributed by atoms with Gasteiger partial charge in [0.25, 0.3) is 0 Å². The van der Waals surface area contributed by atoms with Gasteiger partial charge in [-0.3, -0.25) is 4.79 Å². The minimum Gasteiger partial charge on any atom is -0.324 e. The molecule has 0 unspecified atom stereocenters. The highest BCUT2D eigenvalue weighted by Gasteiger charge is 2.10. The Morgan fingerprint density at radius 2 is 2.05 bits per heavy atom. The maximum absolute atomic E-state index is 13.9. The highest BCUT2D eigenvalue weighted by Crippen LogP contribution is 2.31. The van der Waals surface area contributed by atoms with Crippen LogP contribution in [0.15, 0.2) is 47.4 Å². The fourth-order valence-corrected chi connectivity index (χ4v) is 2.95. The Morgan fingerprint density at radius 1 is 1.27 bits per heavy atom. The van der Waals surface area contributed by atoms with E-state index < -0.39 is 5.82 Å². The van der Waals surface area contributed by atoms with Crippen LogP contribution in [0.4, 0.5) is 10.1 Å². The average Bonchev–Trinajstić information content (AvgIpc) is 2.50. The van der Waals surface area contributed by atoms with Gasteiger partial charge in [-0.1, -0.05) is 35.9 Å². The summed E-state index contributed by atoms with van der Waals surface area (Å²) in [6, 6.07) is 13.8. The maximum atomic E-state index is 13.9. The molecule has 2 aromatic carbocycles. The first-order valence-electron chi connectivity index (χ1n) is 6.43. The van der Waals surface area contributed by atoms with E-state index in [-0.39, 0.29) is 17.4 Å². The smallest absolute Gasteiger partial charge is 0.238 e. The van der Waals surface area contributed by atoms with E-state index in [1.165, 1.54) is 17.8 Å². The molecule has 112 valence electrons. The van der Waals surface area contributed by atoms with Gasteiger partial charge < -0.3 is 5.32 Å². The number of halogens is 2. The molecule has 0 radical (unpaired) electrons. The van der Waals surface area contributed by atoms with E-state index in [1.54, 1.807) is 30.3 Å². The van der Waals surface area contributed by atoms with Crippen LogP contribution in [-0.2, 0) is 10.5 Å². The van der Waals surface area contributed by atoms with Gasteiger partial charge in [-0.15, -0.1) is 11.8 Å². The number of thioether (sulfide) groups is 1. The first-order valence-corrected chi connectivity index (χ1v) is 7.79. The Hall–Kier alpha value is -2.03. The predicted octanol–water partition coefficient (Wildman–Crippen LogP) is 4.62. The lowest BCUT2D eigenvalue weighted by molar-refractivity contribution is -0.115. The molecule has 0 aliphatic rings. The summed E-state index contributed by atoms with van der Waals surface area (Å²) in [6.45, 7) is 0. The summed E-state index contributed by atoms with van der Waals surface area (Å²) in [7, 11) is 0. The van der Waals surface area contributed by atoms with Crippen molar-refractivity contribution in [2.24, 2.45) is 0 Å². The maximum Gasteiger partial charge on any atom is 0.238 e. The summed E-state index contributed by atoms with van der Waals surface area (Å²) in [5.74, 6) is -0.412. The Morgan fingerprint density at radius 3 is 2.82 bits per heavy atom. The van der Waals surface area contributed by atoms with E-state index in [0.717, 1.165) is 4.90 Å². The third-order valence-corrected chi connectivity index (χ3v) is 4.23. The first kappa shape index (κ1) is 16.3. The Bertz CT molecular complexity index is 730. The first-order chi connectivity index (χ1) is 10.6. The van der Waals surface area contributed by atoms with Gasteiger partial charge in [0.1, 0.15) is 12.2 Å². The summed E-state index contributed by atoms with van der Waals surface area (Å²) >= 11 is 7.15. The topological polar surface area (TPSA) is 52.9 Å². The van der Waals surface area contributed by atoms with Gasteiger partial charge in [-0.05, 0) is 23.8 Å². The molecule has 0 fully saturated rings. The van der Waals surface area contributed by atoms with Gasteiger partial charge in [-0.2, -0.15) is 5.26 Å². The van der Waals surface area contributed by atoms with Crippen molar-refractivity contribution in [3.63, 3.8) is 0 Å². The minimum absolute atomic E-state index is 0.0914. The number of benzene rings is 2. The molecule has 0 heterocycles. The van der Waals surface area contributed by atoms with Gasteiger partial charge in [0.2, 0.25) is 5.91 Å². The summed E-state index contributed by atoms with van der Waals surface area (Å²) < 4.78 is 13.9. The number of carbonyl (C=O) groups excluding carboxylic acids is 1. The van der Waals surface area contributed by atoms with E-state index in [9.17, 15) is 9.18 Å². The van der Waals surface area contributed by atoms with Gasteiger partial charge in [0.15, 0.2) is 0 Å². The molecule has 2 rings (SSSR count). The van der Waals surface area contributed by atoms with Crippen molar-refractivity contribution in [3.05, 3.63) is 58.9 Å². The molecule has 1 N–H and O–H groups in total. The summed E-state index contributed by atoms with van der Waals surface area (Å²) in [4.78, 5) is 12.3. The van der Waals surface area contributed by atoms with E-state index in [1.807, 2.05) is 12.1 Å². The van der Waals surface area contributed by atoms with Crippen molar-refractivity contribution in [1.29, 1.82) is 5.26 Å². The Labute approximate surface area is 137 Å². The highest BCUT2D eigenvalue weighted by atomic mass is 35.5. The van der Waals surface area contributed by atoms with Crippen molar-refractivity contribution in [3.8, 4) is 6.07 Å². The van der Waals surface area contributed by atoms with Crippen LogP contribution in [0.3, 0.4) is 0 Å². The summed E-state index contributed by atoms with van der Waals surface area (Å²) in [5, 5.41) is 11.3. The second-order valence-electron chi connectivity index (χ2n) is 4.38. The normalized spacial score (nSPS) is 10.0. The standard InChI is InChI=1S/C16H12ClFN2OS/c17-12-5-3-4-11(16(12)18)10-22-14-7-2-1-6-13(14)20-15(21)8-9-19/h1-7H,8,10H2,(H,20,21). The van der Waals surface area contributed by atoms with E-state index in [4.69, 9.17) is 16.9 Å². The molecule has 0 aromatic heterocycles. The zero-order valence-electron chi connectivity index (χ0n) is 11.5. The number of amides is 1. The van der Waals surface area contributed by atoms with Crippen LogP contribution in [0.5, 0.6) is 0 Å². The van der Waals surface area contributed by atoms with E-state index in [2.05, 4.69) is 5.32 Å². The van der Waals surface area contributed by atoms with Gasteiger partial charge in [-0.25, -0.2) is 4.39 Å². The van der Waals surface area contributed by atoms with Crippen LogP contribution >= 0.6 is 23.4 Å². The van der Waals surface area contributed by atoms with Gasteiger partial charge in [0.05, 0.1) is 16.8 Å². The number of rotatable bonds is 5. The van der Waals surface area contributed by atoms with Crippen LogP contribution in [-0.4, -0.2) is 5.91 Å². The van der Waals surface area contributed by atoms with Crippen molar-refractivity contribution in [1.82, 2.24) is 0 Å². The van der Waals surface area contributed by atoms with E-state index in [0.29, 0.717) is 17.0 Å². The van der Waals surface area contributed by atoms with Crippen molar-refractivity contribution in [2.75, 3.05) is 5.32 Å². The Balaban J connectivity index is 2.12. The monoisotopic (exact) mass is 334 g/mol. The number of hydrogen-bond donors (Lipinski definition) is 1. The molecule has 3 nitrogen and oxygen atoms in total. The predicted molar refractivity (Wildman–Crippen MR) is 86.3 cm³/mol. The van der Waals surface area contributed by atoms with Crippen LogP contribution < -0.4 is 5.32 Å². The zero-order chi connectivity index (χ0) is 15.9. The third-order valence-electron chi connectivity index (χ3n) is 2.82. The summed E-state index contributed by atoms with van der Waals surface area (Å²) in [6.07, 6.45) is -0.206. The second-order valence-corrected chi connectivity index (χ2v) is 5.81. The van der Waals surface area contributed by atoms with Gasteiger partial charge in [0, 0.05) is 10.6 Å². The molecule has 0 spiro atoms. The van der Waals surface area contributed by atoms with Crippen molar-refractivity contribution >= 4 is 35.0 Å². The van der Waals surface area contributed by atoms with Crippen LogP contribution in [0.25, 0.3) is 0 Å². The number of nitrogens with one attached hydrogen (secondary N) is 1. The zero-order valence-corrected chi connectivity index (χ0v) is 13.0. The second kappa shape index (κ2) is 7.83. The third kappa shape index (κ3) is 4.23. The van der Waals surface area contributed by atoms with Crippen molar-refractivity contribution < 1.29 is 9.18 Å². The number of carbonyl (C=O) groups is 1. The molecule has 2 aromatic rings. The average molecular weight is 335 g/mol. The highest BCUT2D eigenvalue weighted by molar-refractivity contribution is 7.98. The molecule has 22 heavy (non-hydrogen) atoms. The lowest BCUT2D eigenvalue weighted by atomic mass is 10.2. The lowest BCUT2D eigenvalue weighted by Gasteiger charge is -2.10. The largest absolute Gasteiger partial charge is 0.324 e. The number of para-hydroxylation sites is 1. The van der Waals surface area contributed by atoms with Crippen LogP contribution in [0.2, 0.25) is 5.02 Å². The number of anilines is 1. The molecule has 1 amide bonds. The minimum atomic E-state index is -0.428. The molecule has 0 saturated carbocycles. The molecule has 0 aliphatic heterocycles.